The summed E-state index contributed by atoms with van der Waals surface area (Å²) in [5.41, 5.74) is 0.698. The topological polar surface area (TPSA) is 60.3 Å². The largest absolute Gasteiger partial charge is 0.491 e. The molecule has 1 aliphatic heterocycles. The summed E-state index contributed by atoms with van der Waals surface area (Å²) in [6.45, 7) is 3.73. The zero-order chi connectivity index (χ0) is 17.0. The van der Waals surface area contributed by atoms with Crippen molar-refractivity contribution < 1.29 is 13.2 Å². The van der Waals surface area contributed by atoms with Gasteiger partial charge < -0.3 is 10.1 Å². The first kappa shape index (κ1) is 17.3. The highest BCUT2D eigenvalue weighted by atomic mass is 32.2. The molecule has 1 fully saturated rings. The first-order chi connectivity index (χ1) is 11.6. The highest BCUT2D eigenvalue weighted by molar-refractivity contribution is 7.90. The van der Waals surface area contributed by atoms with E-state index in [1.54, 1.807) is 6.20 Å². The predicted molar refractivity (Wildman–Crippen MR) is 97.2 cm³/mol. The lowest BCUT2D eigenvalue weighted by Gasteiger charge is -2.13. The molecule has 0 saturated carbocycles. The third-order valence-electron chi connectivity index (χ3n) is 4.57. The molecule has 2 heterocycles. The standard InChI is InChI=1S/C18H26N2O3S/c1-2-3-4-13-24(21,22)20-12-10-16-17(20)8-5-9-18(16)23-14-15-7-6-11-19-15/h5,8-10,12,15,19H,2-4,6-7,11,13-14H2,1H3. The van der Waals surface area contributed by atoms with Gasteiger partial charge in [-0.25, -0.2) is 12.4 Å². The number of ether oxygens (including phenoxy) is 1. The Balaban J connectivity index is 1.80. The molecule has 24 heavy (non-hydrogen) atoms. The molecule has 0 bridgehead atoms. The molecule has 1 atom stereocenters. The van der Waals surface area contributed by atoms with Gasteiger partial charge in [-0.2, -0.15) is 0 Å². The van der Waals surface area contributed by atoms with Crippen molar-refractivity contribution in [3.63, 3.8) is 0 Å². The van der Waals surface area contributed by atoms with Gasteiger partial charge in [0.05, 0.1) is 11.3 Å². The van der Waals surface area contributed by atoms with E-state index in [0.717, 1.165) is 36.9 Å². The lowest BCUT2D eigenvalue weighted by Crippen LogP contribution is -2.28. The summed E-state index contributed by atoms with van der Waals surface area (Å²) in [5.74, 6) is 0.936. The van der Waals surface area contributed by atoms with Crippen LogP contribution in [0.1, 0.15) is 39.0 Å². The SMILES string of the molecule is CCCCCS(=O)(=O)n1ccc2c(OCC3CCCN3)cccc21. The quantitative estimate of drug-likeness (QED) is 0.743. The minimum atomic E-state index is -3.31. The summed E-state index contributed by atoms with van der Waals surface area (Å²) in [6, 6.07) is 7.83. The molecule has 1 aromatic heterocycles. The van der Waals surface area contributed by atoms with Gasteiger partial charge in [-0.3, -0.25) is 0 Å². The number of nitrogens with zero attached hydrogens (tertiary/aromatic N) is 1. The molecule has 3 rings (SSSR count). The maximum absolute atomic E-state index is 12.6. The lowest BCUT2D eigenvalue weighted by molar-refractivity contribution is 0.280. The average molecular weight is 350 g/mol. The van der Waals surface area contributed by atoms with Crippen LogP contribution >= 0.6 is 0 Å². The van der Waals surface area contributed by atoms with E-state index in [-0.39, 0.29) is 5.75 Å². The van der Waals surface area contributed by atoms with Crippen molar-refractivity contribution in [3.8, 4) is 5.75 Å². The first-order valence-electron chi connectivity index (χ1n) is 8.81. The van der Waals surface area contributed by atoms with E-state index in [2.05, 4.69) is 12.2 Å². The second-order valence-corrected chi connectivity index (χ2v) is 8.39. The fraction of sp³-hybridized carbons (Fsp3) is 0.556. The molecular formula is C18H26N2O3S. The minimum Gasteiger partial charge on any atom is -0.491 e. The van der Waals surface area contributed by atoms with Gasteiger partial charge in [0.15, 0.2) is 0 Å². The Hall–Kier alpha value is -1.53. The molecule has 0 amide bonds. The van der Waals surface area contributed by atoms with Gasteiger partial charge in [-0.05, 0) is 44.0 Å². The van der Waals surface area contributed by atoms with Crippen molar-refractivity contribution >= 4 is 20.9 Å². The second kappa shape index (κ2) is 7.57. The summed E-state index contributed by atoms with van der Waals surface area (Å²) in [7, 11) is -3.31. The van der Waals surface area contributed by atoms with Gasteiger partial charge in [0.25, 0.3) is 0 Å². The monoisotopic (exact) mass is 350 g/mol. The van der Waals surface area contributed by atoms with E-state index in [4.69, 9.17) is 4.74 Å². The Bertz CT molecular complexity index is 777. The Morgan fingerprint density at radius 2 is 2.17 bits per heavy atom. The molecule has 0 spiro atoms. The van der Waals surface area contributed by atoms with Crippen molar-refractivity contribution in [1.29, 1.82) is 0 Å². The molecule has 6 heteroatoms. The molecule has 132 valence electrons. The normalized spacial score (nSPS) is 18.3. The Morgan fingerprint density at radius 1 is 1.29 bits per heavy atom. The Labute approximate surface area is 144 Å². The molecule has 0 aliphatic carbocycles. The zero-order valence-electron chi connectivity index (χ0n) is 14.2. The van der Waals surface area contributed by atoms with Gasteiger partial charge in [0.2, 0.25) is 10.0 Å². The second-order valence-electron chi connectivity index (χ2n) is 6.43. The van der Waals surface area contributed by atoms with Gasteiger partial charge in [-0.15, -0.1) is 0 Å². The summed E-state index contributed by atoms with van der Waals surface area (Å²) >= 11 is 0. The van der Waals surface area contributed by atoms with E-state index in [0.29, 0.717) is 24.6 Å². The van der Waals surface area contributed by atoms with Crippen LogP contribution in [0.2, 0.25) is 0 Å². The van der Waals surface area contributed by atoms with Crippen LogP contribution in [-0.4, -0.2) is 37.3 Å². The predicted octanol–water partition coefficient (Wildman–Crippen LogP) is 3.14. The Kier molecular flexibility index (Phi) is 5.46. The number of rotatable bonds is 8. The van der Waals surface area contributed by atoms with Gasteiger partial charge >= 0.3 is 0 Å². The molecule has 1 aromatic carbocycles. The van der Waals surface area contributed by atoms with Crippen LogP contribution < -0.4 is 10.1 Å². The first-order valence-corrected chi connectivity index (χ1v) is 10.4. The third kappa shape index (κ3) is 3.75. The number of unbranched alkanes of at least 4 members (excludes halogenated alkanes) is 2. The molecular weight excluding hydrogens is 324 g/mol. The van der Waals surface area contributed by atoms with Gasteiger partial charge in [-0.1, -0.05) is 25.8 Å². The van der Waals surface area contributed by atoms with Crippen LogP contribution in [0.25, 0.3) is 10.9 Å². The van der Waals surface area contributed by atoms with Crippen LogP contribution in [0.4, 0.5) is 0 Å². The molecule has 1 saturated heterocycles. The van der Waals surface area contributed by atoms with Gasteiger partial charge in [0.1, 0.15) is 12.4 Å². The fourth-order valence-corrected chi connectivity index (χ4v) is 4.68. The molecule has 1 N–H and O–H groups in total. The van der Waals surface area contributed by atoms with Crippen LogP contribution in [0.5, 0.6) is 5.75 Å². The number of nitrogens with one attached hydrogen (secondary N) is 1. The summed E-state index contributed by atoms with van der Waals surface area (Å²) in [6.07, 6.45) is 6.60. The lowest BCUT2D eigenvalue weighted by atomic mass is 10.2. The van der Waals surface area contributed by atoms with E-state index >= 15 is 0 Å². The third-order valence-corrected chi connectivity index (χ3v) is 6.29. The number of hydrogen-bond donors (Lipinski definition) is 1. The van der Waals surface area contributed by atoms with E-state index < -0.39 is 10.0 Å². The van der Waals surface area contributed by atoms with Crippen LogP contribution in [-0.2, 0) is 10.0 Å². The van der Waals surface area contributed by atoms with Crippen molar-refractivity contribution in [2.45, 2.75) is 45.1 Å². The van der Waals surface area contributed by atoms with Crippen molar-refractivity contribution in [1.82, 2.24) is 9.29 Å². The van der Waals surface area contributed by atoms with Crippen LogP contribution in [0.3, 0.4) is 0 Å². The maximum atomic E-state index is 12.6. The minimum absolute atomic E-state index is 0.182. The zero-order valence-corrected chi connectivity index (χ0v) is 15.0. The average Bonchev–Trinajstić information content (AvgIpc) is 3.22. The summed E-state index contributed by atoms with van der Waals surface area (Å²) < 4.78 is 32.5. The van der Waals surface area contributed by atoms with Crippen molar-refractivity contribution in [2.75, 3.05) is 18.9 Å². The van der Waals surface area contributed by atoms with Gasteiger partial charge in [0, 0.05) is 17.6 Å². The summed E-state index contributed by atoms with van der Waals surface area (Å²) in [4.78, 5) is 0. The highest BCUT2D eigenvalue weighted by Gasteiger charge is 2.18. The summed E-state index contributed by atoms with van der Waals surface area (Å²) in [5, 5.41) is 4.26. The maximum Gasteiger partial charge on any atom is 0.238 e. The van der Waals surface area contributed by atoms with Crippen LogP contribution in [0.15, 0.2) is 30.5 Å². The number of aromatic nitrogens is 1. The highest BCUT2D eigenvalue weighted by Crippen LogP contribution is 2.28. The van der Waals surface area contributed by atoms with E-state index in [1.807, 2.05) is 24.3 Å². The smallest absolute Gasteiger partial charge is 0.238 e. The molecule has 2 aromatic rings. The fourth-order valence-electron chi connectivity index (χ4n) is 3.21. The molecule has 1 unspecified atom stereocenters. The number of benzene rings is 1. The molecule has 5 nitrogen and oxygen atoms in total. The number of fused-ring (bicyclic) bond motifs is 1. The van der Waals surface area contributed by atoms with E-state index in [9.17, 15) is 8.42 Å². The molecule has 1 aliphatic rings. The molecule has 0 radical (unpaired) electrons. The van der Waals surface area contributed by atoms with Crippen molar-refractivity contribution in [2.24, 2.45) is 0 Å². The van der Waals surface area contributed by atoms with E-state index in [1.165, 1.54) is 10.4 Å². The number of hydrogen-bond acceptors (Lipinski definition) is 4. The Morgan fingerprint density at radius 3 is 2.92 bits per heavy atom. The van der Waals surface area contributed by atoms with Crippen molar-refractivity contribution in [3.05, 3.63) is 30.5 Å². The van der Waals surface area contributed by atoms with Crippen LogP contribution in [0, 0.1) is 0 Å².